The maximum atomic E-state index is 10.6. The summed E-state index contributed by atoms with van der Waals surface area (Å²) < 4.78 is -0.793. The highest BCUT2D eigenvalue weighted by Gasteiger charge is 2.26. The summed E-state index contributed by atoms with van der Waals surface area (Å²) in [4.78, 5) is 20.7. The summed E-state index contributed by atoms with van der Waals surface area (Å²) in [6.45, 7) is 3.20. The van der Waals surface area contributed by atoms with E-state index in [1.807, 2.05) is 0 Å². The van der Waals surface area contributed by atoms with E-state index in [2.05, 4.69) is 0 Å². The summed E-state index contributed by atoms with van der Waals surface area (Å²) in [5.74, 6) is -1.54. The fourth-order valence-electron chi connectivity index (χ4n) is 0.313. The Morgan fingerprint density at radius 2 is 2.00 bits per heavy atom. The number of nitrogens with two attached hydrogens (primary N) is 1. The third-order valence-electron chi connectivity index (χ3n) is 1.15. The van der Waals surface area contributed by atoms with Gasteiger partial charge in [0.05, 0.1) is 10.5 Å². The van der Waals surface area contributed by atoms with Gasteiger partial charge in [-0.1, -0.05) is 0 Å². The summed E-state index contributed by atoms with van der Waals surface area (Å²) >= 11 is 1.02. The Kier molecular flexibility index (Phi) is 3.38. The molecule has 0 rings (SSSR count). The Morgan fingerprint density at radius 1 is 1.55 bits per heavy atom. The second-order valence-corrected chi connectivity index (χ2v) is 4.15. The maximum Gasteiger partial charge on any atom is 0.313 e. The van der Waals surface area contributed by atoms with Crippen LogP contribution in [0.3, 0.4) is 0 Å². The van der Waals surface area contributed by atoms with Gasteiger partial charge in [0.1, 0.15) is 0 Å². The van der Waals surface area contributed by atoms with Gasteiger partial charge in [-0.25, -0.2) is 0 Å². The first-order valence-corrected chi connectivity index (χ1v) is 4.00. The number of hydrogen-bond donors (Lipinski definition) is 2. The van der Waals surface area contributed by atoms with Crippen LogP contribution < -0.4 is 5.73 Å². The van der Waals surface area contributed by atoms with Crippen LogP contribution in [0.15, 0.2) is 0 Å². The van der Waals surface area contributed by atoms with Crippen molar-refractivity contribution < 1.29 is 14.7 Å². The molecule has 0 heterocycles. The van der Waals surface area contributed by atoms with E-state index < -0.39 is 16.6 Å². The Bertz CT molecular complexity index is 179. The zero-order valence-electron chi connectivity index (χ0n) is 6.46. The van der Waals surface area contributed by atoms with Gasteiger partial charge in [0.25, 0.3) is 0 Å². The molecule has 0 bridgehead atoms. The van der Waals surface area contributed by atoms with Crippen LogP contribution in [0, 0.1) is 0 Å². The summed E-state index contributed by atoms with van der Waals surface area (Å²) in [6, 6.07) is 0. The van der Waals surface area contributed by atoms with E-state index in [0.29, 0.717) is 0 Å². The van der Waals surface area contributed by atoms with E-state index in [0.717, 1.165) is 11.8 Å². The van der Waals surface area contributed by atoms with Crippen LogP contribution in [-0.2, 0) is 9.59 Å². The molecule has 0 fully saturated rings. The monoisotopic (exact) mass is 177 g/mol. The summed E-state index contributed by atoms with van der Waals surface area (Å²) in [6.07, 6.45) is 0. The van der Waals surface area contributed by atoms with E-state index >= 15 is 0 Å². The molecule has 0 aromatic rings. The van der Waals surface area contributed by atoms with Crippen molar-refractivity contribution in [2.75, 3.05) is 5.75 Å². The summed E-state index contributed by atoms with van der Waals surface area (Å²) in [7, 11) is 0. The van der Waals surface area contributed by atoms with Gasteiger partial charge in [-0.2, -0.15) is 0 Å². The predicted molar refractivity (Wildman–Crippen MR) is 43.4 cm³/mol. The van der Waals surface area contributed by atoms with E-state index in [4.69, 9.17) is 10.8 Å². The van der Waals surface area contributed by atoms with Gasteiger partial charge in [-0.05, 0) is 13.8 Å². The molecule has 0 aromatic heterocycles. The van der Waals surface area contributed by atoms with Gasteiger partial charge >= 0.3 is 5.97 Å². The number of carboxylic acid groups (broad SMARTS) is 1. The zero-order chi connectivity index (χ0) is 9.07. The molecule has 0 aromatic carbocycles. The van der Waals surface area contributed by atoms with Crippen LogP contribution in [0.2, 0.25) is 0 Å². The predicted octanol–water partition coefficient (Wildman–Crippen LogP) is 0.0681. The molecular weight excluding hydrogens is 166 g/mol. The second kappa shape index (κ2) is 3.61. The Labute approximate surface area is 69.1 Å². The third kappa shape index (κ3) is 3.87. The average molecular weight is 177 g/mol. The van der Waals surface area contributed by atoms with Crippen molar-refractivity contribution in [1.82, 2.24) is 0 Å². The van der Waals surface area contributed by atoms with Crippen molar-refractivity contribution in [2.24, 2.45) is 5.73 Å². The standard InChI is InChI=1S/C6H11NO3S/c1-6(2,5(7)10)11-3-4(8)9/h3H2,1-2H3,(H2,7,10)(H,8,9). The first-order valence-electron chi connectivity index (χ1n) is 3.02. The second-order valence-electron chi connectivity index (χ2n) is 2.56. The molecule has 3 N–H and O–H groups in total. The van der Waals surface area contributed by atoms with Crippen molar-refractivity contribution in [2.45, 2.75) is 18.6 Å². The highest BCUT2D eigenvalue weighted by atomic mass is 32.2. The smallest absolute Gasteiger partial charge is 0.313 e. The first kappa shape index (κ1) is 10.3. The molecule has 1 amide bonds. The Morgan fingerprint density at radius 3 is 2.27 bits per heavy atom. The minimum absolute atomic E-state index is 0.101. The molecule has 0 aliphatic carbocycles. The maximum absolute atomic E-state index is 10.6. The van der Waals surface area contributed by atoms with Gasteiger partial charge in [0.2, 0.25) is 5.91 Å². The van der Waals surface area contributed by atoms with Crippen molar-refractivity contribution >= 4 is 23.6 Å². The molecule has 0 unspecified atom stereocenters. The molecule has 0 aliphatic rings. The molecule has 11 heavy (non-hydrogen) atoms. The molecule has 0 atom stereocenters. The largest absolute Gasteiger partial charge is 0.481 e. The van der Waals surface area contributed by atoms with Crippen molar-refractivity contribution in [3.05, 3.63) is 0 Å². The third-order valence-corrected chi connectivity index (χ3v) is 2.46. The van der Waals surface area contributed by atoms with E-state index in [1.165, 1.54) is 0 Å². The highest BCUT2D eigenvalue weighted by Crippen LogP contribution is 2.22. The number of thioether (sulfide) groups is 1. The van der Waals surface area contributed by atoms with Gasteiger partial charge in [-0.15, -0.1) is 11.8 Å². The highest BCUT2D eigenvalue weighted by molar-refractivity contribution is 8.01. The molecule has 0 saturated carbocycles. The molecule has 4 nitrogen and oxygen atoms in total. The van der Waals surface area contributed by atoms with E-state index in [1.54, 1.807) is 13.8 Å². The molecule has 0 spiro atoms. The van der Waals surface area contributed by atoms with Crippen LogP contribution in [0.4, 0.5) is 0 Å². The minimum Gasteiger partial charge on any atom is -0.481 e. The number of rotatable bonds is 4. The number of aliphatic carboxylic acids is 1. The number of carboxylic acids is 1. The fourth-order valence-corrected chi connectivity index (χ4v) is 0.940. The van der Waals surface area contributed by atoms with Crippen LogP contribution in [0.5, 0.6) is 0 Å². The number of carbonyl (C=O) groups is 2. The number of amides is 1. The van der Waals surface area contributed by atoms with Crippen LogP contribution in [0.1, 0.15) is 13.8 Å². The van der Waals surface area contributed by atoms with E-state index in [9.17, 15) is 9.59 Å². The van der Waals surface area contributed by atoms with Crippen LogP contribution >= 0.6 is 11.8 Å². The normalized spacial score (nSPS) is 11.1. The van der Waals surface area contributed by atoms with Gasteiger partial charge in [0, 0.05) is 0 Å². The lowest BCUT2D eigenvalue weighted by Gasteiger charge is -2.17. The Hall–Kier alpha value is -0.710. The molecule has 64 valence electrons. The van der Waals surface area contributed by atoms with Crippen molar-refractivity contribution in [3.63, 3.8) is 0 Å². The SMILES string of the molecule is CC(C)(SCC(=O)O)C(N)=O. The van der Waals surface area contributed by atoms with E-state index in [-0.39, 0.29) is 5.75 Å². The quantitative estimate of drug-likeness (QED) is 0.636. The molecule has 0 aliphatic heterocycles. The lowest BCUT2D eigenvalue weighted by molar-refractivity contribution is -0.133. The van der Waals surface area contributed by atoms with Crippen molar-refractivity contribution in [1.29, 1.82) is 0 Å². The van der Waals surface area contributed by atoms with Crippen molar-refractivity contribution in [3.8, 4) is 0 Å². The number of hydrogen-bond acceptors (Lipinski definition) is 3. The molecule has 0 radical (unpaired) electrons. The van der Waals surface area contributed by atoms with Gasteiger partial charge in [-0.3, -0.25) is 9.59 Å². The first-order chi connectivity index (χ1) is 4.86. The fraction of sp³-hybridized carbons (Fsp3) is 0.667. The lowest BCUT2D eigenvalue weighted by Crippen LogP contribution is -2.35. The topological polar surface area (TPSA) is 80.4 Å². The minimum atomic E-state index is -0.940. The van der Waals surface area contributed by atoms with Gasteiger partial charge in [0.15, 0.2) is 0 Å². The van der Waals surface area contributed by atoms with Gasteiger partial charge < -0.3 is 10.8 Å². The average Bonchev–Trinajstić information content (AvgIpc) is 1.84. The summed E-state index contributed by atoms with van der Waals surface area (Å²) in [5.41, 5.74) is 5.00. The lowest BCUT2D eigenvalue weighted by atomic mass is 10.2. The molecular formula is C6H11NO3S. The summed E-state index contributed by atoms with van der Waals surface area (Å²) in [5, 5.41) is 8.29. The van der Waals surface area contributed by atoms with Crippen LogP contribution in [0.25, 0.3) is 0 Å². The van der Waals surface area contributed by atoms with Crippen LogP contribution in [-0.4, -0.2) is 27.5 Å². The number of primary amides is 1. The molecule has 0 saturated heterocycles. The zero-order valence-corrected chi connectivity index (χ0v) is 7.27. The molecule has 5 heteroatoms. The Balaban J connectivity index is 3.92. The number of carbonyl (C=O) groups excluding carboxylic acids is 1.